The van der Waals surface area contributed by atoms with E-state index in [0.717, 1.165) is 26.0 Å². The molecule has 1 unspecified atom stereocenters. The summed E-state index contributed by atoms with van der Waals surface area (Å²) in [6, 6.07) is 0. The van der Waals surface area contributed by atoms with Crippen molar-refractivity contribution >= 4 is 0 Å². The van der Waals surface area contributed by atoms with E-state index in [1.54, 1.807) is 0 Å². The van der Waals surface area contributed by atoms with Crippen molar-refractivity contribution < 1.29 is 9.84 Å². The van der Waals surface area contributed by atoms with Gasteiger partial charge >= 0.3 is 0 Å². The van der Waals surface area contributed by atoms with Crippen LogP contribution in [0.4, 0.5) is 0 Å². The summed E-state index contributed by atoms with van der Waals surface area (Å²) in [6.07, 6.45) is 6.25. The molecule has 1 aliphatic heterocycles. The monoisotopic (exact) mass is 185 g/mol. The molecule has 0 amide bonds. The van der Waals surface area contributed by atoms with Gasteiger partial charge in [-0.05, 0) is 32.1 Å². The molecule has 2 aliphatic rings. The predicted octanol–water partition coefficient (Wildman–Crippen LogP) is 0.670. The van der Waals surface area contributed by atoms with Crippen LogP contribution in [0.2, 0.25) is 0 Å². The molecule has 2 N–H and O–H groups in total. The minimum absolute atomic E-state index is 0.0476. The van der Waals surface area contributed by atoms with Gasteiger partial charge in [-0.25, -0.2) is 0 Å². The van der Waals surface area contributed by atoms with Gasteiger partial charge in [0.05, 0.1) is 12.7 Å². The molecule has 2 fully saturated rings. The third-order valence-corrected chi connectivity index (χ3v) is 3.34. The van der Waals surface area contributed by atoms with Crippen molar-refractivity contribution in [1.82, 2.24) is 5.32 Å². The van der Waals surface area contributed by atoms with Crippen LogP contribution in [0.25, 0.3) is 0 Å². The molecule has 3 nitrogen and oxygen atoms in total. The summed E-state index contributed by atoms with van der Waals surface area (Å²) >= 11 is 0. The second-order valence-electron chi connectivity index (χ2n) is 4.31. The molecule has 76 valence electrons. The summed E-state index contributed by atoms with van der Waals surface area (Å²) in [6.45, 7) is 2.11. The van der Waals surface area contributed by atoms with Gasteiger partial charge in [-0.1, -0.05) is 0 Å². The van der Waals surface area contributed by atoms with Crippen molar-refractivity contribution in [2.45, 2.75) is 43.7 Å². The minimum atomic E-state index is 0.0476. The topological polar surface area (TPSA) is 41.5 Å². The van der Waals surface area contributed by atoms with Crippen LogP contribution in [0.15, 0.2) is 0 Å². The van der Waals surface area contributed by atoms with E-state index in [0.29, 0.717) is 6.10 Å². The quantitative estimate of drug-likeness (QED) is 0.676. The fourth-order valence-electron chi connectivity index (χ4n) is 2.13. The minimum Gasteiger partial charge on any atom is -0.394 e. The first-order chi connectivity index (χ1) is 6.35. The van der Waals surface area contributed by atoms with E-state index in [2.05, 4.69) is 5.32 Å². The zero-order chi connectivity index (χ0) is 9.15. The first kappa shape index (κ1) is 9.44. The molecule has 13 heavy (non-hydrogen) atoms. The van der Waals surface area contributed by atoms with Crippen molar-refractivity contribution in [2.75, 3.05) is 19.8 Å². The Morgan fingerprint density at radius 1 is 1.38 bits per heavy atom. The molecular formula is C10H19NO2. The van der Waals surface area contributed by atoms with E-state index in [-0.39, 0.29) is 12.1 Å². The number of ether oxygens (including phenoxy) is 1. The molecule has 0 aromatic rings. The number of aliphatic hydroxyl groups is 1. The summed E-state index contributed by atoms with van der Waals surface area (Å²) in [5, 5.41) is 12.7. The van der Waals surface area contributed by atoms with Gasteiger partial charge in [0, 0.05) is 18.7 Å². The van der Waals surface area contributed by atoms with Crippen molar-refractivity contribution in [3.63, 3.8) is 0 Å². The largest absolute Gasteiger partial charge is 0.394 e. The standard InChI is InChI=1S/C10H19NO2/c12-8-10(4-2-5-10)11-7-9-3-1-6-13-9/h9,11-12H,1-8H2. The maximum absolute atomic E-state index is 9.21. The SMILES string of the molecule is OCC1(NCC2CCCO2)CCC1. The molecule has 0 spiro atoms. The molecule has 3 heteroatoms. The Kier molecular flexibility index (Phi) is 2.86. The Balaban J connectivity index is 1.71. The second-order valence-corrected chi connectivity index (χ2v) is 4.31. The number of hydrogen-bond acceptors (Lipinski definition) is 3. The van der Waals surface area contributed by atoms with Gasteiger partial charge in [-0.2, -0.15) is 0 Å². The molecule has 0 aromatic heterocycles. The Morgan fingerprint density at radius 3 is 2.69 bits per heavy atom. The summed E-state index contributed by atoms with van der Waals surface area (Å²) in [5.41, 5.74) is 0.0476. The molecule has 1 saturated heterocycles. The van der Waals surface area contributed by atoms with E-state index in [1.165, 1.54) is 19.3 Å². The fourth-order valence-corrected chi connectivity index (χ4v) is 2.13. The van der Waals surface area contributed by atoms with Crippen LogP contribution in [0.5, 0.6) is 0 Å². The maximum Gasteiger partial charge on any atom is 0.0700 e. The Bertz CT molecular complexity index is 157. The smallest absolute Gasteiger partial charge is 0.0700 e. The number of rotatable bonds is 4. The molecule has 2 rings (SSSR count). The van der Waals surface area contributed by atoms with Crippen molar-refractivity contribution in [3.8, 4) is 0 Å². The zero-order valence-electron chi connectivity index (χ0n) is 8.09. The lowest BCUT2D eigenvalue weighted by Gasteiger charge is -2.41. The average Bonchev–Trinajstić information content (AvgIpc) is 2.56. The van der Waals surface area contributed by atoms with E-state index < -0.39 is 0 Å². The van der Waals surface area contributed by atoms with Crippen LogP contribution in [0.3, 0.4) is 0 Å². The van der Waals surface area contributed by atoms with Gasteiger partial charge in [-0.3, -0.25) is 0 Å². The Hall–Kier alpha value is -0.120. The highest BCUT2D eigenvalue weighted by atomic mass is 16.5. The van der Waals surface area contributed by atoms with Crippen molar-refractivity contribution in [3.05, 3.63) is 0 Å². The van der Waals surface area contributed by atoms with E-state index in [9.17, 15) is 5.11 Å². The third kappa shape index (κ3) is 2.03. The van der Waals surface area contributed by atoms with Gasteiger partial charge in [0.2, 0.25) is 0 Å². The van der Waals surface area contributed by atoms with Gasteiger partial charge in [0.25, 0.3) is 0 Å². The van der Waals surface area contributed by atoms with E-state index in [1.807, 2.05) is 0 Å². The molecule has 1 atom stereocenters. The average molecular weight is 185 g/mol. The number of hydrogen-bond donors (Lipinski definition) is 2. The van der Waals surface area contributed by atoms with Crippen LogP contribution in [-0.2, 0) is 4.74 Å². The first-order valence-corrected chi connectivity index (χ1v) is 5.32. The summed E-state index contributed by atoms with van der Waals surface area (Å²) < 4.78 is 5.52. The van der Waals surface area contributed by atoms with Gasteiger partial charge in [0.15, 0.2) is 0 Å². The van der Waals surface area contributed by atoms with Crippen LogP contribution >= 0.6 is 0 Å². The molecule has 0 aromatic carbocycles. The van der Waals surface area contributed by atoms with Crippen molar-refractivity contribution in [2.24, 2.45) is 0 Å². The van der Waals surface area contributed by atoms with Gasteiger partial charge in [0.1, 0.15) is 0 Å². The molecule has 1 aliphatic carbocycles. The third-order valence-electron chi connectivity index (χ3n) is 3.34. The first-order valence-electron chi connectivity index (χ1n) is 5.32. The molecule has 1 heterocycles. The second kappa shape index (κ2) is 3.95. The normalized spacial score (nSPS) is 31.6. The Morgan fingerprint density at radius 2 is 2.23 bits per heavy atom. The van der Waals surface area contributed by atoms with Crippen LogP contribution < -0.4 is 5.32 Å². The summed E-state index contributed by atoms with van der Waals surface area (Å²) in [5.74, 6) is 0. The molecular weight excluding hydrogens is 166 g/mol. The molecule has 0 radical (unpaired) electrons. The Labute approximate surface area is 79.5 Å². The number of nitrogens with one attached hydrogen (secondary N) is 1. The summed E-state index contributed by atoms with van der Waals surface area (Å²) in [7, 11) is 0. The predicted molar refractivity (Wildman–Crippen MR) is 50.6 cm³/mol. The maximum atomic E-state index is 9.21. The lowest BCUT2D eigenvalue weighted by atomic mass is 9.77. The van der Waals surface area contributed by atoms with Gasteiger partial charge < -0.3 is 15.2 Å². The fraction of sp³-hybridized carbons (Fsp3) is 1.00. The van der Waals surface area contributed by atoms with Crippen LogP contribution in [0.1, 0.15) is 32.1 Å². The zero-order valence-corrected chi connectivity index (χ0v) is 8.09. The highest BCUT2D eigenvalue weighted by molar-refractivity contribution is 4.96. The van der Waals surface area contributed by atoms with E-state index in [4.69, 9.17) is 4.74 Å². The highest BCUT2D eigenvalue weighted by Crippen LogP contribution is 2.31. The molecule has 0 bridgehead atoms. The lowest BCUT2D eigenvalue weighted by molar-refractivity contribution is 0.0567. The molecule has 1 saturated carbocycles. The summed E-state index contributed by atoms with van der Waals surface area (Å²) in [4.78, 5) is 0. The van der Waals surface area contributed by atoms with Crippen molar-refractivity contribution in [1.29, 1.82) is 0 Å². The highest BCUT2D eigenvalue weighted by Gasteiger charge is 2.36. The van der Waals surface area contributed by atoms with Crippen LogP contribution in [-0.4, -0.2) is 36.5 Å². The van der Waals surface area contributed by atoms with Gasteiger partial charge in [-0.15, -0.1) is 0 Å². The van der Waals surface area contributed by atoms with Crippen LogP contribution in [0, 0.1) is 0 Å². The van der Waals surface area contributed by atoms with E-state index >= 15 is 0 Å². The number of aliphatic hydroxyl groups excluding tert-OH is 1. The lowest BCUT2D eigenvalue weighted by Crippen LogP contribution is -2.55.